The molecule has 7 heteroatoms. The zero-order valence-electron chi connectivity index (χ0n) is 14.5. The van der Waals surface area contributed by atoms with E-state index in [9.17, 15) is 0 Å². The molecule has 3 aromatic heterocycles. The van der Waals surface area contributed by atoms with Crippen LogP contribution in [-0.4, -0.2) is 49.4 Å². The van der Waals surface area contributed by atoms with Crippen LogP contribution in [0.4, 0.5) is 0 Å². The number of ether oxygens (including phenoxy) is 1. The molecule has 3 aromatic rings. The molecule has 0 aromatic carbocycles. The lowest BCUT2D eigenvalue weighted by Gasteiger charge is -2.22. The summed E-state index contributed by atoms with van der Waals surface area (Å²) in [6.07, 6.45) is 8.48. The first-order chi connectivity index (χ1) is 12.2. The van der Waals surface area contributed by atoms with Crippen molar-refractivity contribution in [3.8, 4) is 11.3 Å². The molecule has 4 heterocycles. The molecule has 25 heavy (non-hydrogen) atoms. The fraction of sp³-hybridized carbons (Fsp3) is 0.389. The van der Waals surface area contributed by atoms with Crippen molar-refractivity contribution < 1.29 is 4.74 Å². The van der Waals surface area contributed by atoms with Crippen LogP contribution in [0.5, 0.6) is 0 Å². The fourth-order valence-corrected chi connectivity index (χ4v) is 3.43. The molecule has 1 fully saturated rings. The van der Waals surface area contributed by atoms with E-state index in [0.29, 0.717) is 0 Å². The first-order valence-corrected chi connectivity index (χ1v) is 8.43. The highest BCUT2D eigenvalue weighted by molar-refractivity contribution is 5.56. The minimum absolute atomic E-state index is 0.199. The highest BCUT2D eigenvalue weighted by atomic mass is 16.5. The van der Waals surface area contributed by atoms with Gasteiger partial charge in [0.1, 0.15) is 5.82 Å². The van der Waals surface area contributed by atoms with Gasteiger partial charge in [-0.1, -0.05) is 0 Å². The van der Waals surface area contributed by atoms with Crippen LogP contribution in [0.2, 0.25) is 0 Å². The van der Waals surface area contributed by atoms with Gasteiger partial charge in [0.25, 0.3) is 0 Å². The Bertz CT molecular complexity index is 827. The van der Waals surface area contributed by atoms with Crippen LogP contribution < -0.4 is 0 Å². The van der Waals surface area contributed by atoms with Crippen LogP contribution in [0.15, 0.2) is 43.0 Å². The third-order valence-electron chi connectivity index (χ3n) is 4.87. The lowest BCUT2D eigenvalue weighted by molar-refractivity contribution is 0.107. The number of rotatable bonds is 5. The fourth-order valence-electron chi connectivity index (χ4n) is 3.43. The van der Waals surface area contributed by atoms with Crippen LogP contribution >= 0.6 is 0 Å². The molecule has 1 aliphatic heterocycles. The van der Waals surface area contributed by atoms with Gasteiger partial charge in [-0.25, -0.2) is 4.98 Å². The Morgan fingerprint density at radius 1 is 1.28 bits per heavy atom. The first-order valence-electron chi connectivity index (χ1n) is 8.43. The smallest absolute Gasteiger partial charge is 0.124 e. The standard InChI is InChI=1S/C18H22N6O/c1-23-14(5-7-21-23)11-24-12-15(25-2)8-17(24)18-20-10-16(22-18)13-4-3-6-19-9-13/h3-7,9-10,15,17H,8,11-12H2,1-2H3,(H,20,22)/t15-,17+/m1/s1. The first kappa shape index (κ1) is 16.0. The predicted molar refractivity (Wildman–Crippen MR) is 93.6 cm³/mol. The van der Waals surface area contributed by atoms with Crippen LogP contribution in [-0.2, 0) is 18.3 Å². The van der Waals surface area contributed by atoms with Gasteiger partial charge in [-0.15, -0.1) is 0 Å². The van der Waals surface area contributed by atoms with E-state index in [1.807, 2.05) is 42.5 Å². The monoisotopic (exact) mass is 338 g/mol. The van der Waals surface area contributed by atoms with Crippen molar-refractivity contribution >= 4 is 0 Å². The number of aromatic amines is 1. The molecule has 0 bridgehead atoms. The minimum Gasteiger partial charge on any atom is -0.380 e. The quantitative estimate of drug-likeness (QED) is 0.772. The van der Waals surface area contributed by atoms with Crippen molar-refractivity contribution in [1.82, 2.24) is 29.6 Å². The van der Waals surface area contributed by atoms with Gasteiger partial charge in [0.15, 0.2) is 0 Å². The van der Waals surface area contributed by atoms with Crippen molar-refractivity contribution in [2.45, 2.75) is 25.1 Å². The summed E-state index contributed by atoms with van der Waals surface area (Å²) in [5.74, 6) is 0.973. The van der Waals surface area contributed by atoms with Gasteiger partial charge in [0, 0.05) is 51.4 Å². The minimum atomic E-state index is 0.199. The van der Waals surface area contributed by atoms with E-state index in [2.05, 4.69) is 31.0 Å². The molecule has 0 unspecified atom stereocenters. The molecule has 0 radical (unpaired) electrons. The van der Waals surface area contributed by atoms with E-state index >= 15 is 0 Å². The number of aromatic nitrogens is 5. The van der Waals surface area contributed by atoms with Crippen LogP contribution in [0.3, 0.4) is 0 Å². The number of likely N-dealkylation sites (tertiary alicyclic amines) is 1. The van der Waals surface area contributed by atoms with E-state index < -0.39 is 0 Å². The maximum atomic E-state index is 5.62. The molecule has 1 aliphatic rings. The van der Waals surface area contributed by atoms with Crippen LogP contribution in [0.1, 0.15) is 24.0 Å². The van der Waals surface area contributed by atoms with Gasteiger partial charge in [-0.2, -0.15) is 5.10 Å². The van der Waals surface area contributed by atoms with E-state index in [4.69, 9.17) is 4.74 Å². The Morgan fingerprint density at radius 2 is 2.20 bits per heavy atom. The third-order valence-corrected chi connectivity index (χ3v) is 4.87. The molecule has 7 nitrogen and oxygen atoms in total. The summed E-state index contributed by atoms with van der Waals surface area (Å²) in [5, 5.41) is 4.27. The van der Waals surface area contributed by atoms with Crippen molar-refractivity contribution in [3.63, 3.8) is 0 Å². The Morgan fingerprint density at radius 3 is 2.92 bits per heavy atom. The summed E-state index contributed by atoms with van der Waals surface area (Å²) < 4.78 is 7.54. The molecule has 130 valence electrons. The second kappa shape index (κ2) is 6.78. The second-order valence-corrected chi connectivity index (χ2v) is 6.41. The van der Waals surface area contributed by atoms with Gasteiger partial charge >= 0.3 is 0 Å². The summed E-state index contributed by atoms with van der Waals surface area (Å²) in [7, 11) is 3.75. The van der Waals surface area contributed by atoms with Gasteiger partial charge < -0.3 is 9.72 Å². The zero-order chi connectivity index (χ0) is 17.2. The van der Waals surface area contributed by atoms with Crippen molar-refractivity contribution in [3.05, 3.63) is 54.5 Å². The average Bonchev–Trinajstić information content (AvgIpc) is 3.36. The Hall–Kier alpha value is -2.51. The third kappa shape index (κ3) is 3.20. The average molecular weight is 338 g/mol. The summed E-state index contributed by atoms with van der Waals surface area (Å²) in [6, 6.07) is 6.22. The number of hydrogen-bond donors (Lipinski definition) is 1. The summed E-state index contributed by atoms with van der Waals surface area (Å²) in [5.41, 5.74) is 3.21. The Kier molecular flexibility index (Phi) is 4.33. The van der Waals surface area contributed by atoms with E-state index in [0.717, 1.165) is 36.6 Å². The topological polar surface area (TPSA) is 71.9 Å². The van der Waals surface area contributed by atoms with Crippen LogP contribution in [0, 0.1) is 0 Å². The number of pyridine rings is 1. The molecular formula is C18H22N6O. The molecule has 0 saturated carbocycles. The van der Waals surface area contributed by atoms with Gasteiger partial charge in [0.2, 0.25) is 0 Å². The highest BCUT2D eigenvalue weighted by Crippen LogP contribution is 2.33. The molecule has 2 atom stereocenters. The molecule has 0 amide bonds. The zero-order valence-corrected chi connectivity index (χ0v) is 14.5. The number of nitrogens with one attached hydrogen (secondary N) is 1. The highest BCUT2D eigenvalue weighted by Gasteiger charge is 2.35. The van der Waals surface area contributed by atoms with E-state index in [1.165, 1.54) is 5.69 Å². The van der Waals surface area contributed by atoms with Crippen molar-refractivity contribution in [2.75, 3.05) is 13.7 Å². The Balaban J connectivity index is 1.58. The van der Waals surface area contributed by atoms with E-state index in [-0.39, 0.29) is 12.1 Å². The van der Waals surface area contributed by atoms with Gasteiger partial charge in [0.05, 0.1) is 29.7 Å². The number of H-pyrrole nitrogens is 1. The summed E-state index contributed by atoms with van der Waals surface area (Å²) >= 11 is 0. The largest absolute Gasteiger partial charge is 0.380 e. The maximum Gasteiger partial charge on any atom is 0.124 e. The lowest BCUT2D eigenvalue weighted by Crippen LogP contribution is -2.26. The summed E-state index contributed by atoms with van der Waals surface area (Å²) in [6.45, 7) is 1.71. The van der Waals surface area contributed by atoms with Crippen molar-refractivity contribution in [1.29, 1.82) is 0 Å². The SMILES string of the molecule is CO[C@@H]1C[C@@H](c2ncc(-c3cccnc3)[nH]2)N(Cc2ccnn2C)C1. The molecule has 0 aliphatic carbocycles. The molecule has 0 spiro atoms. The number of hydrogen-bond acceptors (Lipinski definition) is 5. The summed E-state index contributed by atoms with van der Waals surface area (Å²) in [4.78, 5) is 14.7. The number of imidazole rings is 1. The molecular weight excluding hydrogens is 316 g/mol. The van der Waals surface area contributed by atoms with E-state index in [1.54, 1.807) is 13.3 Å². The predicted octanol–water partition coefficient (Wildman–Crippen LogP) is 2.17. The van der Waals surface area contributed by atoms with Gasteiger partial charge in [-0.3, -0.25) is 14.6 Å². The lowest BCUT2D eigenvalue weighted by atomic mass is 10.2. The number of methoxy groups -OCH3 is 1. The molecule has 1 N–H and O–H groups in total. The molecule has 4 rings (SSSR count). The van der Waals surface area contributed by atoms with Crippen molar-refractivity contribution in [2.24, 2.45) is 7.05 Å². The molecule has 1 saturated heterocycles. The number of nitrogens with zero attached hydrogens (tertiary/aromatic N) is 5. The van der Waals surface area contributed by atoms with Crippen LogP contribution in [0.25, 0.3) is 11.3 Å². The maximum absolute atomic E-state index is 5.62. The second-order valence-electron chi connectivity index (χ2n) is 6.41. The number of aryl methyl sites for hydroxylation is 1. The van der Waals surface area contributed by atoms with Gasteiger partial charge in [-0.05, 0) is 24.6 Å². The Labute approximate surface area is 146 Å². The normalized spacial score (nSPS) is 21.0.